The summed E-state index contributed by atoms with van der Waals surface area (Å²) in [5.41, 5.74) is 4.01. The summed E-state index contributed by atoms with van der Waals surface area (Å²) in [4.78, 5) is 0. The van der Waals surface area contributed by atoms with Crippen LogP contribution in [-0.4, -0.2) is 7.11 Å². The molecular formula is C18H28O. The van der Waals surface area contributed by atoms with Gasteiger partial charge >= 0.3 is 0 Å². The molecule has 0 amide bonds. The van der Waals surface area contributed by atoms with Gasteiger partial charge in [0.15, 0.2) is 0 Å². The third kappa shape index (κ3) is 3.62. The van der Waals surface area contributed by atoms with Crippen LogP contribution in [0.3, 0.4) is 0 Å². The Balaban J connectivity index is 3.64. The summed E-state index contributed by atoms with van der Waals surface area (Å²) in [5, 5.41) is 0. The largest absolute Gasteiger partial charge is 0.496 e. The van der Waals surface area contributed by atoms with Crippen LogP contribution in [0.15, 0.2) is 18.2 Å². The first-order valence-corrected chi connectivity index (χ1v) is 6.97. The van der Waals surface area contributed by atoms with Crippen molar-refractivity contribution in [3.05, 3.63) is 34.9 Å². The van der Waals surface area contributed by atoms with Crippen molar-refractivity contribution < 1.29 is 4.74 Å². The van der Waals surface area contributed by atoms with Crippen LogP contribution in [0.4, 0.5) is 0 Å². The molecule has 0 aliphatic heterocycles. The van der Waals surface area contributed by atoms with Crippen LogP contribution in [0.1, 0.15) is 65.2 Å². The minimum Gasteiger partial charge on any atom is -0.496 e. The van der Waals surface area contributed by atoms with E-state index in [0.29, 0.717) is 0 Å². The Morgan fingerprint density at radius 1 is 0.947 bits per heavy atom. The number of ether oxygens (including phenoxy) is 1. The van der Waals surface area contributed by atoms with Crippen molar-refractivity contribution in [2.75, 3.05) is 7.11 Å². The summed E-state index contributed by atoms with van der Waals surface area (Å²) in [5.74, 6) is 0.999. The number of hydrogen-bond acceptors (Lipinski definition) is 1. The fourth-order valence-corrected chi connectivity index (χ4v) is 2.17. The van der Waals surface area contributed by atoms with Gasteiger partial charge in [0.05, 0.1) is 7.11 Å². The van der Waals surface area contributed by atoms with E-state index in [1.807, 2.05) is 6.92 Å². The maximum atomic E-state index is 5.67. The quantitative estimate of drug-likeness (QED) is 0.699. The van der Waals surface area contributed by atoms with Gasteiger partial charge < -0.3 is 4.74 Å². The van der Waals surface area contributed by atoms with Crippen molar-refractivity contribution >= 4 is 6.08 Å². The molecule has 0 fully saturated rings. The van der Waals surface area contributed by atoms with E-state index in [4.69, 9.17) is 4.74 Å². The number of benzene rings is 1. The summed E-state index contributed by atoms with van der Waals surface area (Å²) in [6.45, 7) is 15.5. The van der Waals surface area contributed by atoms with Crippen molar-refractivity contribution in [1.29, 1.82) is 0 Å². The topological polar surface area (TPSA) is 9.23 Å². The van der Waals surface area contributed by atoms with E-state index in [2.05, 4.69) is 65.8 Å². The van der Waals surface area contributed by atoms with Gasteiger partial charge in [-0.05, 0) is 29.4 Å². The summed E-state index contributed by atoms with van der Waals surface area (Å²) in [6.07, 6.45) is 4.19. The lowest BCUT2D eigenvalue weighted by atomic mass is 9.79. The third-order valence-corrected chi connectivity index (χ3v) is 3.34. The van der Waals surface area contributed by atoms with Gasteiger partial charge in [0.25, 0.3) is 0 Å². The molecule has 0 saturated heterocycles. The second kappa shape index (κ2) is 5.40. The Morgan fingerprint density at radius 3 is 1.89 bits per heavy atom. The molecule has 1 rings (SSSR count). The standard InChI is InChI=1S/C18H28O/c1-9-10-13-11-14(17(2,3)4)12-15(16(13)19-8)18(5,6)7/h9-12H,1-8H3/b10-9-. The fourth-order valence-electron chi connectivity index (χ4n) is 2.17. The number of hydrogen-bond donors (Lipinski definition) is 0. The van der Waals surface area contributed by atoms with Crippen molar-refractivity contribution in [3.63, 3.8) is 0 Å². The molecule has 0 N–H and O–H groups in total. The average Bonchev–Trinajstić information content (AvgIpc) is 2.26. The molecule has 0 spiro atoms. The Labute approximate surface area is 118 Å². The van der Waals surface area contributed by atoms with Gasteiger partial charge in [0.2, 0.25) is 0 Å². The Bertz CT molecular complexity index is 468. The van der Waals surface area contributed by atoms with E-state index in [1.54, 1.807) is 7.11 Å². The molecule has 0 bridgehead atoms. The van der Waals surface area contributed by atoms with E-state index < -0.39 is 0 Å². The molecule has 0 aliphatic rings. The zero-order valence-electron chi connectivity index (χ0n) is 13.7. The zero-order valence-corrected chi connectivity index (χ0v) is 13.7. The van der Waals surface area contributed by atoms with Crippen LogP contribution in [0, 0.1) is 0 Å². The van der Waals surface area contributed by atoms with Crippen LogP contribution in [0.2, 0.25) is 0 Å². The highest BCUT2D eigenvalue weighted by Crippen LogP contribution is 2.38. The third-order valence-electron chi connectivity index (χ3n) is 3.34. The van der Waals surface area contributed by atoms with E-state index in [0.717, 1.165) is 5.75 Å². The molecule has 1 nitrogen and oxygen atoms in total. The van der Waals surface area contributed by atoms with E-state index in [1.165, 1.54) is 16.7 Å². The molecule has 0 radical (unpaired) electrons. The lowest BCUT2D eigenvalue weighted by Gasteiger charge is -2.28. The molecule has 1 aromatic rings. The Morgan fingerprint density at radius 2 is 1.53 bits per heavy atom. The van der Waals surface area contributed by atoms with Crippen molar-refractivity contribution in [2.45, 2.75) is 59.3 Å². The van der Waals surface area contributed by atoms with Gasteiger partial charge in [-0.3, -0.25) is 0 Å². The second-order valence-electron chi connectivity index (χ2n) is 7.15. The van der Waals surface area contributed by atoms with Crippen LogP contribution in [0.5, 0.6) is 5.75 Å². The smallest absolute Gasteiger partial charge is 0.129 e. The maximum absolute atomic E-state index is 5.67. The first kappa shape index (κ1) is 15.8. The first-order valence-electron chi connectivity index (χ1n) is 6.97. The van der Waals surface area contributed by atoms with Gasteiger partial charge in [-0.2, -0.15) is 0 Å². The molecule has 0 heterocycles. The average molecular weight is 260 g/mol. The van der Waals surface area contributed by atoms with Crippen molar-refractivity contribution in [3.8, 4) is 5.75 Å². The highest BCUT2D eigenvalue weighted by atomic mass is 16.5. The van der Waals surface area contributed by atoms with E-state index in [-0.39, 0.29) is 10.8 Å². The molecule has 19 heavy (non-hydrogen) atoms. The van der Waals surface area contributed by atoms with Crippen LogP contribution >= 0.6 is 0 Å². The monoisotopic (exact) mass is 260 g/mol. The molecule has 0 saturated carbocycles. The van der Waals surface area contributed by atoms with Gasteiger partial charge in [-0.15, -0.1) is 0 Å². The molecule has 1 aromatic carbocycles. The van der Waals surface area contributed by atoms with Crippen molar-refractivity contribution in [1.82, 2.24) is 0 Å². The van der Waals surface area contributed by atoms with E-state index in [9.17, 15) is 0 Å². The Hall–Kier alpha value is -1.24. The molecular weight excluding hydrogens is 232 g/mol. The minimum atomic E-state index is 0.0724. The normalized spacial score (nSPS) is 13.1. The summed E-state index contributed by atoms with van der Waals surface area (Å²) in [6, 6.07) is 4.54. The SMILES string of the molecule is C/C=C\c1cc(C(C)(C)C)cc(C(C)(C)C)c1OC. The highest BCUT2D eigenvalue weighted by Gasteiger charge is 2.24. The number of rotatable bonds is 2. The summed E-state index contributed by atoms with van der Waals surface area (Å²) < 4.78 is 5.67. The minimum absolute atomic E-state index is 0.0724. The number of methoxy groups -OCH3 is 1. The zero-order chi connectivity index (χ0) is 14.8. The molecule has 106 valence electrons. The second-order valence-corrected chi connectivity index (χ2v) is 7.15. The van der Waals surface area contributed by atoms with Crippen LogP contribution in [0.25, 0.3) is 6.08 Å². The summed E-state index contributed by atoms with van der Waals surface area (Å²) in [7, 11) is 1.76. The molecule has 0 aliphatic carbocycles. The lowest BCUT2D eigenvalue weighted by molar-refractivity contribution is 0.395. The number of allylic oxidation sites excluding steroid dienone is 1. The van der Waals surface area contributed by atoms with Crippen molar-refractivity contribution in [2.24, 2.45) is 0 Å². The van der Waals surface area contributed by atoms with Gasteiger partial charge in [-0.1, -0.05) is 59.8 Å². The van der Waals surface area contributed by atoms with Crippen LogP contribution < -0.4 is 4.74 Å². The highest BCUT2D eigenvalue weighted by molar-refractivity contribution is 5.63. The predicted molar refractivity (Wildman–Crippen MR) is 85.1 cm³/mol. The molecule has 0 unspecified atom stereocenters. The van der Waals surface area contributed by atoms with E-state index >= 15 is 0 Å². The lowest BCUT2D eigenvalue weighted by Crippen LogP contribution is -2.18. The maximum Gasteiger partial charge on any atom is 0.129 e. The predicted octanol–water partition coefficient (Wildman–Crippen LogP) is 5.32. The van der Waals surface area contributed by atoms with Gasteiger partial charge in [0, 0.05) is 11.1 Å². The first-order chi connectivity index (χ1) is 8.61. The summed E-state index contributed by atoms with van der Waals surface area (Å²) >= 11 is 0. The van der Waals surface area contributed by atoms with Crippen LogP contribution in [-0.2, 0) is 10.8 Å². The molecule has 1 heteroatoms. The van der Waals surface area contributed by atoms with Gasteiger partial charge in [0.1, 0.15) is 5.75 Å². The van der Waals surface area contributed by atoms with Gasteiger partial charge in [-0.25, -0.2) is 0 Å². The molecule has 0 aromatic heterocycles. The fraction of sp³-hybridized carbons (Fsp3) is 0.556. The Kier molecular flexibility index (Phi) is 4.50. The molecule has 0 atom stereocenters.